The average Bonchev–Trinajstić information content (AvgIpc) is 2.74. The molecule has 0 aliphatic heterocycles. The lowest BCUT2D eigenvalue weighted by Crippen LogP contribution is -2.59. The Kier molecular flexibility index (Phi) is 13.8. The number of guanidine groups is 1. The van der Waals surface area contributed by atoms with Crippen molar-refractivity contribution >= 4 is 35.6 Å². The van der Waals surface area contributed by atoms with E-state index in [2.05, 4.69) is 20.9 Å². The number of rotatable bonds is 16. The lowest BCUT2D eigenvalue weighted by atomic mass is 10.0. The number of carbonyl (C=O) groups excluding carboxylic acids is 3. The molecule has 0 bridgehead atoms. The fraction of sp³-hybridized carbons (Fsp3) is 0.684. The second-order valence-corrected chi connectivity index (χ2v) is 7.86. The van der Waals surface area contributed by atoms with Gasteiger partial charge in [0.25, 0.3) is 0 Å². The second kappa shape index (κ2) is 15.4. The van der Waals surface area contributed by atoms with Gasteiger partial charge >= 0.3 is 11.9 Å². The number of aliphatic imine (C=N–C) groups is 1. The van der Waals surface area contributed by atoms with Gasteiger partial charge in [-0.25, -0.2) is 4.79 Å². The Morgan fingerprint density at radius 1 is 0.882 bits per heavy atom. The molecule has 0 aromatic rings. The van der Waals surface area contributed by atoms with E-state index in [4.69, 9.17) is 22.3 Å². The van der Waals surface area contributed by atoms with E-state index >= 15 is 0 Å². The molecule has 0 heterocycles. The smallest absolute Gasteiger partial charge is 0.326 e. The topological polar surface area (TPSA) is 273 Å². The molecule has 194 valence electrons. The van der Waals surface area contributed by atoms with Crippen molar-refractivity contribution in [2.45, 2.75) is 63.7 Å². The number of nitrogens with one attached hydrogen (secondary N) is 3. The van der Waals surface area contributed by atoms with Crippen LogP contribution in [0.2, 0.25) is 0 Å². The summed E-state index contributed by atoms with van der Waals surface area (Å²) >= 11 is 0. The fourth-order valence-corrected chi connectivity index (χ4v) is 2.70. The molecular formula is C19H35N7O8. The molecule has 3 amide bonds. The van der Waals surface area contributed by atoms with Crippen LogP contribution >= 0.6 is 0 Å². The van der Waals surface area contributed by atoms with Gasteiger partial charge in [0.05, 0.1) is 12.6 Å². The van der Waals surface area contributed by atoms with E-state index in [0.29, 0.717) is 6.42 Å². The lowest BCUT2D eigenvalue weighted by Gasteiger charge is -2.26. The lowest BCUT2D eigenvalue weighted by molar-refractivity contribution is -0.143. The number of hydrogen-bond donors (Lipinski definition) is 9. The van der Waals surface area contributed by atoms with Gasteiger partial charge in [-0.2, -0.15) is 0 Å². The van der Waals surface area contributed by atoms with Crippen LogP contribution in [0.3, 0.4) is 0 Å². The maximum absolute atomic E-state index is 12.6. The van der Waals surface area contributed by atoms with Gasteiger partial charge in [0.2, 0.25) is 17.7 Å². The van der Waals surface area contributed by atoms with E-state index in [1.165, 1.54) is 0 Å². The molecule has 4 atom stereocenters. The van der Waals surface area contributed by atoms with Gasteiger partial charge in [-0.05, 0) is 25.2 Å². The SMILES string of the molecule is CC(C)C(NC(=O)C(CO)NC(=O)C(N)CCCN=C(N)N)C(=O)NC(CCC(=O)O)C(=O)O. The second-order valence-electron chi connectivity index (χ2n) is 7.86. The van der Waals surface area contributed by atoms with Crippen molar-refractivity contribution < 1.29 is 39.3 Å². The summed E-state index contributed by atoms with van der Waals surface area (Å²) < 4.78 is 0. The first-order chi connectivity index (χ1) is 15.8. The van der Waals surface area contributed by atoms with Gasteiger partial charge < -0.3 is 48.5 Å². The first-order valence-corrected chi connectivity index (χ1v) is 10.6. The van der Waals surface area contributed by atoms with Crippen LogP contribution in [-0.4, -0.2) is 88.3 Å². The highest BCUT2D eigenvalue weighted by Gasteiger charge is 2.31. The molecule has 34 heavy (non-hydrogen) atoms. The molecule has 4 unspecified atom stereocenters. The average molecular weight is 490 g/mol. The number of nitrogens with two attached hydrogens (primary N) is 3. The highest BCUT2D eigenvalue weighted by molar-refractivity contribution is 5.94. The third kappa shape index (κ3) is 12.0. The third-order valence-electron chi connectivity index (χ3n) is 4.63. The van der Waals surface area contributed by atoms with Crippen LogP contribution in [0.5, 0.6) is 0 Å². The van der Waals surface area contributed by atoms with E-state index in [-0.39, 0.29) is 25.3 Å². The predicted molar refractivity (Wildman–Crippen MR) is 120 cm³/mol. The Morgan fingerprint density at radius 3 is 1.94 bits per heavy atom. The van der Waals surface area contributed by atoms with Crippen molar-refractivity contribution in [1.29, 1.82) is 0 Å². The minimum atomic E-state index is -1.48. The number of nitrogens with zero attached hydrogens (tertiary/aromatic N) is 1. The predicted octanol–water partition coefficient (Wildman–Crippen LogP) is -3.58. The molecule has 0 aromatic heterocycles. The molecule has 0 rings (SSSR count). The number of aliphatic hydroxyl groups excluding tert-OH is 1. The van der Waals surface area contributed by atoms with Gasteiger partial charge in [-0.1, -0.05) is 13.8 Å². The van der Waals surface area contributed by atoms with E-state index in [0.717, 1.165) is 0 Å². The van der Waals surface area contributed by atoms with Gasteiger partial charge in [-0.3, -0.25) is 24.2 Å². The van der Waals surface area contributed by atoms with Crippen LogP contribution in [0.15, 0.2) is 4.99 Å². The summed E-state index contributed by atoms with van der Waals surface area (Å²) in [7, 11) is 0. The third-order valence-corrected chi connectivity index (χ3v) is 4.63. The van der Waals surface area contributed by atoms with Crippen LogP contribution in [0.1, 0.15) is 39.5 Å². The molecule has 0 aliphatic rings. The van der Waals surface area contributed by atoms with E-state index in [9.17, 15) is 34.2 Å². The molecule has 0 saturated carbocycles. The molecule has 15 nitrogen and oxygen atoms in total. The van der Waals surface area contributed by atoms with Crippen molar-refractivity contribution in [1.82, 2.24) is 16.0 Å². The zero-order valence-electron chi connectivity index (χ0n) is 19.2. The maximum atomic E-state index is 12.6. The summed E-state index contributed by atoms with van der Waals surface area (Å²) in [5, 5.41) is 34.3. The van der Waals surface area contributed by atoms with E-state index < -0.39 is 72.8 Å². The monoisotopic (exact) mass is 489 g/mol. The van der Waals surface area contributed by atoms with E-state index in [1.54, 1.807) is 13.8 Å². The number of aliphatic carboxylic acids is 2. The molecule has 0 radical (unpaired) electrons. The van der Waals surface area contributed by atoms with Crippen molar-refractivity contribution in [2.75, 3.05) is 13.2 Å². The Balaban J connectivity index is 5.07. The summed E-state index contributed by atoms with van der Waals surface area (Å²) in [6.45, 7) is 2.62. The number of amides is 3. The van der Waals surface area contributed by atoms with Crippen LogP contribution in [0.25, 0.3) is 0 Å². The molecule has 12 N–H and O–H groups in total. The Labute approximate surface area is 196 Å². The Bertz CT molecular complexity index is 755. The van der Waals surface area contributed by atoms with Gasteiger partial charge in [-0.15, -0.1) is 0 Å². The van der Waals surface area contributed by atoms with Crippen LogP contribution in [-0.2, 0) is 24.0 Å². The molecule has 15 heteroatoms. The van der Waals surface area contributed by atoms with Crippen molar-refractivity contribution in [3.63, 3.8) is 0 Å². The Morgan fingerprint density at radius 2 is 1.47 bits per heavy atom. The summed E-state index contributed by atoms with van der Waals surface area (Å²) in [5.74, 6) is -5.75. The number of hydrogen-bond acceptors (Lipinski definition) is 8. The highest BCUT2D eigenvalue weighted by atomic mass is 16.4. The zero-order valence-corrected chi connectivity index (χ0v) is 19.2. The number of carboxylic acids is 2. The van der Waals surface area contributed by atoms with Crippen molar-refractivity contribution in [3.8, 4) is 0 Å². The van der Waals surface area contributed by atoms with Crippen molar-refractivity contribution in [3.05, 3.63) is 0 Å². The summed E-state index contributed by atoms with van der Waals surface area (Å²) in [4.78, 5) is 63.2. The largest absolute Gasteiger partial charge is 0.481 e. The first kappa shape index (κ1) is 30.5. The summed E-state index contributed by atoms with van der Waals surface area (Å²) in [5.41, 5.74) is 16.2. The van der Waals surface area contributed by atoms with Crippen LogP contribution < -0.4 is 33.2 Å². The fourth-order valence-electron chi connectivity index (χ4n) is 2.70. The van der Waals surface area contributed by atoms with Gasteiger partial charge in [0.15, 0.2) is 5.96 Å². The minimum Gasteiger partial charge on any atom is -0.481 e. The van der Waals surface area contributed by atoms with Crippen molar-refractivity contribution in [2.24, 2.45) is 28.1 Å². The first-order valence-electron chi connectivity index (χ1n) is 10.6. The molecule has 0 saturated heterocycles. The quantitative estimate of drug-likeness (QED) is 0.0580. The van der Waals surface area contributed by atoms with E-state index in [1.807, 2.05) is 0 Å². The Hall–Kier alpha value is -3.46. The zero-order chi connectivity index (χ0) is 26.4. The normalized spacial score (nSPS) is 14.3. The molecular weight excluding hydrogens is 454 g/mol. The maximum Gasteiger partial charge on any atom is 0.326 e. The summed E-state index contributed by atoms with van der Waals surface area (Å²) in [6, 6.07) is -5.14. The molecule has 0 aliphatic carbocycles. The highest BCUT2D eigenvalue weighted by Crippen LogP contribution is 2.06. The minimum absolute atomic E-state index is 0.102. The van der Waals surface area contributed by atoms with Gasteiger partial charge in [0, 0.05) is 13.0 Å². The van der Waals surface area contributed by atoms with Gasteiger partial charge in [0.1, 0.15) is 18.1 Å². The number of aliphatic hydroxyl groups is 1. The molecule has 0 aromatic carbocycles. The number of carboxylic acid groups (broad SMARTS) is 2. The molecule has 0 spiro atoms. The standard InChI is InChI=1S/C19H35N7O8/c1-9(2)14(17(32)24-11(18(33)34)5-6-13(28)29)26-16(31)12(8-27)25-15(30)10(20)4-3-7-23-19(21)22/h9-12,14,27H,3-8,20H2,1-2H3,(H,24,32)(H,25,30)(H,26,31)(H,28,29)(H,33,34)(H4,21,22,23). The molecule has 0 fully saturated rings. The van der Waals surface area contributed by atoms with Crippen LogP contribution in [0, 0.1) is 5.92 Å². The van der Waals surface area contributed by atoms with Crippen LogP contribution in [0.4, 0.5) is 0 Å². The number of carbonyl (C=O) groups is 5. The summed E-state index contributed by atoms with van der Waals surface area (Å²) in [6.07, 6.45) is -0.247.